The fourth-order valence-corrected chi connectivity index (χ4v) is 16.7. The average Bonchev–Trinajstić information content (AvgIpc) is 1.34. The van der Waals surface area contributed by atoms with Gasteiger partial charge in [-0.1, -0.05) is 63.4 Å². The number of amides is 8. The molecule has 0 unspecified atom stereocenters. The van der Waals surface area contributed by atoms with Crippen molar-refractivity contribution in [1.82, 2.24) is 52.6 Å². The summed E-state index contributed by atoms with van der Waals surface area (Å²) >= 11 is 7.17. The Morgan fingerprint density at radius 3 is 2.07 bits per heavy atom. The van der Waals surface area contributed by atoms with Gasteiger partial charge < -0.3 is 137 Å². The predicted octanol–water partition coefficient (Wildman–Crippen LogP) is 2.19. The van der Waals surface area contributed by atoms with Gasteiger partial charge in [0.25, 0.3) is 0 Å². The molecule has 8 aliphatic heterocycles. The molecule has 11 bridgehead atoms. The third kappa shape index (κ3) is 20.2. The number of carbonyl (C=O) groups is 9. The molecular weight excluding hydrogens is 1650 g/mol. The zero-order valence-corrected chi connectivity index (χ0v) is 69.1. The standard InChI is InChI=1S/C82H98ClN11O28S/c1-8-9-10-23-115-42-14-16-43(17-15-42)123(113,114)87-22-21-86-33-46-51(97)30-45-59(67(46)101)44-26-38(11-18-50(44)96)60-75(106)93-64(78(109)91-62(45)79(110)111)66(100)40-13-20-53(47(83)27-40)118-55-29-41-28-54(70(55)121-80-71(69(103)68(102)56(34-95)119-80)120-58-32-82(6)72(37(5)116-58)122-81(112)94-82)117-52-19-12-39(25-36(52)4)65(99)63(92-73(104)48(85-7)24-35(2)3)77(108)88-49(31-57(84)98)74(105)89-61(41)76(107)90-60/h11-20,25-30,35,37,48-49,56,58,60-66,68-69,71-72,80,85-87,95-97,99-103H,8-10,21-24,31-34H2,1-7H3,(H2,84,98)(H,88,108)(H,89,105)(H,90,107)(H,91,109)(H,92,104)(H,93,106)(H,94,112)(H,110,111)/t37-,48+,49-,56+,58-,60+,61+,62-,63+,64-,65+,66+,68+,69-,71+,72+,80-,82-/m0/s1. The number of aromatic hydroxyl groups is 3. The second-order valence-corrected chi connectivity index (χ2v) is 33.5. The fraction of sp³-hybridized carbons (Fsp3) is 0.451. The maximum absolute atomic E-state index is 16.4. The first-order chi connectivity index (χ1) is 58.4. The fourth-order valence-electron chi connectivity index (χ4n) is 15.4. The zero-order valence-electron chi connectivity index (χ0n) is 67.6. The average molecular weight is 1750 g/mol. The lowest BCUT2D eigenvalue weighted by atomic mass is 9.86. The van der Waals surface area contributed by atoms with Crippen molar-refractivity contribution in [3.8, 4) is 62.9 Å². The number of hydrogen-bond donors (Lipinski definition) is 20. The molecule has 662 valence electrons. The molecule has 0 aliphatic carbocycles. The van der Waals surface area contributed by atoms with E-state index in [-0.39, 0.29) is 59.2 Å². The molecular formula is C82H98ClN11O28S. The molecule has 21 N–H and O–H groups in total. The molecule has 18 atom stereocenters. The van der Waals surface area contributed by atoms with Gasteiger partial charge in [0.15, 0.2) is 36.0 Å². The van der Waals surface area contributed by atoms with E-state index in [0.717, 1.165) is 73.9 Å². The monoisotopic (exact) mass is 1750 g/mol. The Kier molecular flexibility index (Phi) is 28.3. The summed E-state index contributed by atoms with van der Waals surface area (Å²) in [6.07, 6.45) is -16.1. The van der Waals surface area contributed by atoms with Crippen LogP contribution in [0.4, 0.5) is 4.79 Å². The summed E-state index contributed by atoms with van der Waals surface area (Å²) in [5.74, 6) is -15.7. The molecule has 0 saturated carbocycles. The predicted molar refractivity (Wildman–Crippen MR) is 431 cm³/mol. The Morgan fingerprint density at radius 2 is 1.41 bits per heavy atom. The van der Waals surface area contributed by atoms with Crippen LogP contribution in [0, 0.1) is 12.8 Å². The normalized spacial score (nSPS) is 26.7. The summed E-state index contributed by atoms with van der Waals surface area (Å²) in [5, 5.41) is 130. The molecule has 123 heavy (non-hydrogen) atoms. The highest BCUT2D eigenvalue weighted by Crippen LogP contribution is 2.51. The lowest BCUT2D eigenvalue weighted by Crippen LogP contribution is -2.63. The number of unbranched alkanes of at least 4 members (excludes halogenated alkanes) is 2. The lowest BCUT2D eigenvalue weighted by molar-refractivity contribution is -0.332. The topological polar surface area (TPSA) is 590 Å². The molecule has 3 fully saturated rings. The molecule has 8 aliphatic rings. The summed E-state index contributed by atoms with van der Waals surface area (Å²) in [6, 6.07) is 4.33. The van der Waals surface area contributed by atoms with E-state index in [4.69, 9.17) is 55.2 Å². The van der Waals surface area contributed by atoms with Crippen LogP contribution in [-0.4, -0.2) is 220 Å². The van der Waals surface area contributed by atoms with E-state index in [1.165, 1.54) is 56.4 Å². The number of aliphatic carboxylic acids is 1. The number of sulfonamides is 1. The van der Waals surface area contributed by atoms with Gasteiger partial charge in [-0.25, -0.2) is 22.7 Å². The van der Waals surface area contributed by atoms with Crippen LogP contribution in [0.5, 0.6) is 51.7 Å². The number of carboxylic acids is 1. The number of aryl methyl sites for hydroxylation is 1. The minimum atomic E-state index is -4.14. The van der Waals surface area contributed by atoms with Gasteiger partial charge in [0, 0.05) is 42.7 Å². The van der Waals surface area contributed by atoms with Crippen molar-refractivity contribution in [3.63, 3.8) is 0 Å². The highest BCUT2D eigenvalue weighted by Gasteiger charge is 2.56. The Hall–Kier alpha value is -11.3. The van der Waals surface area contributed by atoms with Crippen molar-refractivity contribution in [1.29, 1.82) is 0 Å². The van der Waals surface area contributed by atoms with Gasteiger partial charge in [0.1, 0.15) is 95.2 Å². The highest BCUT2D eigenvalue weighted by molar-refractivity contribution is 7.89. The first-order valence-corrected chi connectivity index (χ1v) is 41.5. The highest BCUT2D eigenvalue weighted by atomic mass is 35.5. The summed E-state index contributed by atoms with van der Waals surface area (Å²) in [7, 11) is -2.66. The second kappa shape index (κ2) is 38.3. The number of carboxylic acid groups (broad SMARTS) is 1. The number of fused-ring (bicyclic) bond motifs is 16. The molecule has 0 aromatic heterocycles. The van der Waals surface area contributed by atoms with Crippen molar-refractivity contribution >= 4 is 75.0 Å². The van der Waals surface area contributed by atoms with Crippen LogP contribution in [0.3, 0.4) is 0 Å². The third-order valence-corrected chi connectivity index (χ3v) is 23.7. The number of nitrogens with two attached hydrogens (primary N) is 1. The molecule has 39 nitrogen and oxygen atoms in total. The maximum Gasteiger partial charge on any atom is 0.408 e. The summed E-state index contributed by atoms with van der Waals surface area (Å²) in [4.78, 5) is 132. The number of aliphatic hydroxyl groups excluding tert-OH is 5. The molecule has 0 radical (unpaired) electrons. The number of likely N-dealkylation sites (N-methyl/N-ethyl adjacent to an activating group) is 1. The van der Waals surface area contributed by atoms with E-state index in [1.807, 2.05) is 20.8 Å². The molecule has 3 saturated heterocycles. The van der Waals surface area contributed by atoms with E-state index in [1.54, 1.807) is 13.8 Å². The number of alkyl carbamates (subject to hydrolysis) is 1. The third-order valence-electron chi connectivity index (χ3n) is 21.9. The number of phenolic OH excluding ortho intramolecular Hbond substituents is 3. The maximum atomic E-state index is 16.4. The molecule has 14 rings (SSSR count). The Morgan fingerprint density at radius 1 is 0.740 bits per heavy atom. The number of primary amides is 1. The van der Waals surface area contributed by atoms with Gasteiger partial charge >= 0.3 is 12.1 Å². The first kappa shape index (κ1) is 91.0. The summed E-state index contributed by atoms with van der Waals surface area (Å²) < 4.78 is 79.8. The smallest absolute Gasteiger partial charge is 0.408 e. The quantitative estimate of drug-likeness (QED) is 0.0365. The molecule has 8 amide bonds. The van der Waals surface area contributed by atoms with Gasteiger partial charge in [0.2, 0.25) is 63.4 Å². The molecule has 6 aromatic rings. The van der Waals surface area contributed by atoms with Crippen LogP contribution in [0.1, 0.15) is 142 Å². The van der Waals surface area contributed by atoms with Crippen LogP contribution < -0.4 is 77.3 Å². The minimum absolute atomic E-state index is 0.0532. The second-order valence-electron chi connectivity index (χ2n) is 31.3. The van der Waals surface area contributed by atoms with Gasteiger partial charge in [-0.2, -0.15) is 0 Å². The SMILES string of the molecule is CCCCCOc1ccc(S(=O)(=O)NCCNCc2c(O)cc3c(c2O)-c2cc(ccc2O)[C@H]2NC(=O)[C@@H]4NC(=O)[C@H](CC(N)=O)NC(=O)[C@H](NC(=O)[C@@H](CC(C)C)NC)[C@H](O)c5ccc(c(C)c5)Oc5cc4cc(c5O[C@@H]4O[C@H](CO)[C@@H](O)[C@H](O)[C@H]4O[C@H]4C[C@]5(C)NC(=O)O[C@@H]5[C@H](C)O4)Oc4ccc(cc4Cl)[C@@H](O)[C@H](NC2=O)C(=O)N[C@@H]3C(=O)O)cc1. The van der Waals surface area contributed by atoms with E-state index >= 15 is 24.0 Å². The van der Waals surface area contributed by atoms with Crippen LogP contribution >= 0.6 is 11.6 Å². The van der Waals surface area contributed by atoms with Gasteiger partial charge in [-0.15, -0.1) is 0 Å². The van der Waals surface area contributed by atoms with Gasteiger partial charge in [-0.05, 0) is 153 Å². The van der Waals surface area contributed by atoms with Gasteiger partial charge in [-0.3, -0.25) is 33.6 Å². The number of carbonyl (C=O) groups excluding carboxylic acids is 8. The van der Waals surface area contributed by atoms with E-state index in [0.29, 0.717) is 12.4 Å². The number of nitrogens with one attached hydrogen (secondary N) is 10. The summed E-state index contributed by atoms with van der Waals surface area (Å²) in [5.41, 5.74) is 1.29. The van der Waals surface area contributed by atoms with E-state index in [2.05, 4.69) is 52.6 Å². The number of ether oxygens (including phenoxy) is 8. The number of aliphatic hydroxyl groups is 5. The Labute approximate surface area is 709 Å². The van der Waals surface area contributed by atoms with E-state index in [9.17, 15) is 73.6 Å². The van der Waals surface area contributed by atoms with Crippen molar-refractivity contribution in [2.75, 3.05) is 33.4 Å². The van der Waals surface area contributed by atoms with Crippen molar-refractivity contribution < 1.29 is 135 Å². The van der Waals surface area contributed by atoms with Crippen LogP contribution in [0.25, 0.3) is 11.1 Å². The van der Waals surface area contributed by atoms with Crippen molar-refractivity contribution in [2.45, 2.75) is 201 Å². The number of benzene rings is 6. The molecule has 41 heteroatoms. The van der Waals surface area contributed by atoms with Crippen LogP contribution in [0.15, 0.2) is 102 Å². The minimum Gasteiger partial charge on any atom is -0.507 e. The van der Waals surface area contributed by atoms with E-state index < -0.39 is 271 Å². The van der Waals surface area contributed by atoms with Crippen molar-refractivity contribution in [2.24, 2.45) is 11.7 Å². The number of hydrogen-bond acceptors (Lipinski definition) is 29. The van der Waals surface area contributed by atoms with Crippen LogP contribution in [-0.2, 0) is 73.9 Å². The largest absolute Gasteiger partial charge is 0.507 e. The lowest BCUT2D eigenvalue weighted by Gasteiger charge is -2.46. The Bertz CT molecular complexity index is 5150. The zero-order chi connectivity index (χ0) is 89.0. The molecule has 8 heterocycles. The number of halogens is 1. The van der Waals surface area contributed by atoms with Gasteiger partial charge in [0.05, 0.1) is 52.8 Å². The number of rotatable bonds is 25. The first-order valence-electron chi connectivity index (χ1n) is 39.6. The Balaban J connectivity index is 1.02. The molecule has 6 aromatic carbocycles. The summed E-state index contributed by atoms with van der Waals surface area (Å²) in [6.45, 7) is 8.85. The van der Waals surface area contributed by atoms with Crippen LogP contribution in [0.2, 0.25) is 5.02 Å². The number of phenols is 3. The molecule has 0 spiro atoms. The van der Waals surface area contributed by atoms with Crippen molar-refractivity contribution in [3.05, 3.63) is 141 Å².